The molecule has 2 rings (SSSR count). The molecule has 1 nitrogen and oxygen atoms in total. The second-order valence-corrected chi connectivity index (χ2v) is 8.37. The van der Waals surface area contributed by atoms with E-state index in [0.717, 1.165) is 12.5 Å². The van der Waals surface area contributed by atoms with E-state index in [4.69, 9.17) is 4.74 Å². The number of hydrogen-bond donors (Lipinski definition) is 0. The molecule has 1 heterocycles. The van der Waals surface area contributed by atoms with E-state index >= 15 is 0 Å². The Kier molecular flexibility index (Phi) is 11.0. The fraction of sp³-hybridized carbons (Fsp3) is 0.760. The number of unbranched alkanes of at least 4 members (excludes halogenated alkanes) is 8. The average Bonchev–Trinajstić information content (AvgIpc) is 2.69. The molecular formula is C25H42O. The standard InChI is InChI=1S/C25H42O/c1-3-5-7-9-10-12-14-23-17-20-25(26-21-23)24-18-15-22(16-19-24)13-11-8-6-4-2/h15-16,18-19,23,25H,3-14,17,20-21H2,1-2H3. The van der Waals surface area contributed by atoms with Crippen LogP contribution in [-0.2, 0) is 11.2 Å². The van der Waals surface area contributed by atoms with E-state index in [0.29, 0.717) is 6.10 Å². The van der Waals surface area contributed by atoms with Crippen LogP contribution in [0, 0.1) is 5.92 Å². The van der Waals surface area contributed by atoms with Gasteiger partial charge < -0.3 is 4.74 Å². The molecule has 1 aliphatic heterocycles. The van der Waals surface area contributed by atoms with Crippen molar-refractivity contribution in [2.45, 2.75) is 110 Å². The first-order chi connectivity index (χ1) is 12.8. The summed E-state index contributed by atoms with van der Waals surface area (Å²) in [5.41, 5.74) is 2.88. The van der Waals surface area contributed by atoms with Crippen LogP contribution in [0.15, 0.2) is 24.3 Å². The summed E-state index contributed by atoms with van der Waals surface area (Å²) >= 11 is 0. The summed E-state index contributed by atoms with van der Waals surface area (Å²) in [5.74, 6) is 0.801. The smallest absolute Gasteiger partial charge is 0.0825 e. The molecule has 0 N–H and O–H groups in total. The van der Waals surface area contributed by atoms with Gasteiger partial charge in [0.2, 0.25) is 0 Å². The molecular weight excluding hydrogens is 316 g/mol. The van der Waals surface area contributed by atoms with Crippen molar-refractivity contribution in [3.63, 3.8) is 0 Å². The van der Waals surface area contributed by atoms with Crippen LogP contribution in [0.2, 0.25) is 0 Å². The van der Waals surface area contributed by atoms with E-state index in [-0.39, 0.29) is 0 Å². The van der Waals surface area contributed by atoms with E-state index in [2.05, 4.69) is 38.1 Å². The van der Waals surface area contributed by atoms with Crippen LogP contribution in [0.3, 0.4) is 0 Å². The van der Waals surface area contributed by atoms with Crippen LogP contribution in [0.4, 0.5) is 0 Å². The van der Waals surface area contributed by atoms with Crippen molar-refractivity contribution in [2.24, 2.45) is 5.92 Å². The van der Waals surface area contributed by atoms with Crippen LogP contribution in [0.25, 0.3) is 0 Å². The van der Waals surface area contributed by atoms with E-state index < -0.39 is 0 Å². The molecule has 148 valence electrons. The maximum absolute atomic E-state index is 6.23. The highest BCUT2D eigenvalue weighted by atomic mass is 16.5. The number of hydrogen-bond acceptors (Lipinski definition) is 1. The highest BCUT2D eigenvalue weighted by Crippen LogP contribution is 2.33. The van der Waals surface area contributed by atoms with Crippen molar-refractivity contribution in [3.05, 3.63) is 35.4 Å². The first kappa shape index (κ1) is 21.5. The fourth-order valence-electron chi connectivity index (χ4n) is 4.16. The van der Waals surface area contributed by atoms with Gasteiger partial charge in [0, 0.05) is 0 Å². The van der Waals surface area contributed by atoms with Gasteiger partial charge in [-0.15, -0.1) is 0 Å². The summed E-state index contributed by atoms with van der Waals surface area (Å²) in [6.07, 6.45) is 19.3. The minimum Gasteiger partial charge on any atom is -0.373 e. The van der Waals surface area contributed by atoms with Crippen LogP contribution in [0.5, 0.6) is 0 Å². The largest absolute Gasteiger partial charge is 0.373 e. The molecule has 0 aliphatic carbocycles. The Morgan fingerprint density at radius 1 is 0.769 bits per heavy atom. The molecule has 0 radical (unpaired) electrons. The Labute approximate surface area is 162 Å². The second kappa shape index (κ2) is 13.4. The van der Waals surface area contributed by atoms with E-state index in [1.54, 1.807) is 0 Å². The van der Waals surface area contributed by atoms with Gasteiger partial charge in [-0.3, -0.25) is 0 Å². The maximum atomic E-state index is 6.23. The third kappa shape index (κ3) is 8.25. The second-order valence-electron chi connectivity index (χ2n) is 8.37. The summed E-state index contributed by atoms with van der Waals surface area (Å²) in [6.45, 7) is 5.53. The number of rotatable bonds is 13. The summed E-state index contributed by atoms with van der Waals surface area (Å²) in [7, 11) is 0. The lowest BCUT2D eigenvalue weighted by Gasteiger charge is -2.29. The highest BCUT2D eigenvalue weighted by molar-refractivity contribution is 5.24. The van der Waals surface area contributed by atoms with E-state index in [9.17, 15) is 0 Å². The lowest BCUT2D eigenvalue weighted by molar-refractivity contribution is -0.0199. The monoisotopic (exact) mass is 358 g/mol. The molecule has 0 amide bonds. The highest BCUT2D eigenvalue weighted by Gasteiger charge is 2.22. The molecule has 1 aliphatic rings. The molecule has 1 saturated heterocycles. The molecule has 1 aromatic carbocycles. The predicted molar refractivity (Wildman–Crippen MR) is 114 cm³/mol. The van der Waals surface area contributed by atoms with Gasteiger partial charge in [-0.05, 0) is 49.1 Å². The average molecular weight is 359 g/mol. The SMILES string of the molecule is CCCCCCCCC1CCC(c2ccc(CCCCCC)cc2)OC1. The molecule has 1 aromatic rings. The van der Waals surface area contributed by atoms with Gasteiger partial charge in [-0.25, -0.2) is 0 Å². The van der Waals surface area contributed by atoms with Gasteiger partial charge in [0.25, 0.3) is 0 Å². The Morgan fingerprint density at radius 3 is 2.08 bits per heavy atom. The van der Waals surface area contributed by atoms with E-state index in [1.165, 1.54) is 101 Å². The zero-order valence-corrected chi connectivity index (χ0v) is 17.5. The van der Waals surface area contributed by atoms with Gasteiger partial charge in [-0.1, -0.05) is 95.9 Å². The lowest BCUT2D eigenvalue weighted by atomic mass is 9.90. The summed E-state index contributed by atoms with van der Waals surface area (Å²) in [4.78, 5) is 0. The van der Waals surface area contributed by atoms with Gasteiger partial charge in [0.05, 0.1) is 12.7 Å². The molecule has 1 heteroatoms. The third-order valence-electron chi connectivity index (χ3n) is 6.01. The minimum atomic E-state index is 0.338. The van der Waals surface area contributed by atoms with Crippen LogP contribution in [0.1, 0.15) is 115 Å². The zero-order chi connectivity index (χ0) is 18.5. The molecule has 0 saturated carbocycles. The van der Waals surface area contributed by atoms with Gasteiger partial charge in [-0.2, -0.15) is 0 Å². The molecule has 1 fully saturated rings. The Morgan fingerprint density at radius 2 is 1.42 bits per heavy atom. The van der Waals surface area contributed by atoms with Crippen molar-refractivity contribution in [1.29, 1.82) is 0 Å². The van der Waals surface area contributed by atoms with Crippen molar-refractivity contribution < 1.29 is 4.74 Å². The molecule has 0 aromatic heterocycles. The predicted octanol–water partition coefficient (Wildman–Crippen LogP) is 8.03. The number of aryl methyl sites for hydroxylation is 1. The van der Waals surface area contributed by atoms with Crippen LogP contribution < -0.4 is 0 Å². The number of benzene rings is 1. The normalized spacial score (nSPS) is 20.4. The molecule has 0 spiro atoms. The molecule has 2 atom stereocenters. The summed E-state index contributed by atoms with van der Waals surface area (Å²) < 4.78 is 6.23. The quantitative estimate of drug-likeness (QED) is 0.324. The number of ether oxygens (including phenoxy) is 1. The lowest BCUT2D eigenvalue weighted by Crippen LogP contribution is -2.20. The minimum absolute atomic E-state index is 0.338. The van der Waals surface area contributed by atoms with Crippen molar-refractivity contribution in [3.8, 4) is 0 Å². The maximum Gasteiger partial charge on any atom is 0.0825 e. The van der Waals surface area contributed by atoms with Crippen LogP contribution in [-0.4, -0.2) is 6.61 Å². The topological polar surface area (TPSA) is 9.23 Å². The molecule has 0 bridgehead atoms. The van der Waals surface area contributed by atoms with Gasteiger partial charge in [0.1, 0.15) is 0 Å². The van der Waals surface area contributed by atoms with Gasteiger partial charge in [0.15, 0.2) is 0 Å². The fourth-order valence-corrected chi connectivity index (χ4v) is 4.16. The molecule has 26 heavy (non-hydrogen) atoms. The summed E-state index contributed by atoms with van der Waals surface area (Å²) in [6, 6.07) is 9.28. The van der Waals surface area contributed by atoms with Crippen molar-refractivity contribution in [1.82, 2.24) is 0 Å². The molecule has 2 unspecified atom stereocenters. The first-order valence-electron chi connectivity index (χ1n) is 11.5. The summed E-state index contributed by atoms with van der Waals surface area (Å²) in [5, 5.41) is 0. The zero-order valence-electron chi connectivity index (χ0n) is 17.5. The van der Waals surface area contributed by atoms with Crippen molar-refractivity contribution in [2.75, 3.05) is 6.61 Å². The van der Waals surface area contributed by atoms with Gasteiger partial charge >= 0.3 is 0 Å². The Balaban J connectivity index is 1.61. The Hall–Kier alpha value is -0.820. The first-order valence-corrected chi connectivity index (χ1v) is 11.5. The Bertz CT molecular complexity index is 442. The van der Waals surface area contributed by atoms with Crippen LogP contribution >= 0.6 is 0 Å². The third-order valence-corrected chi connectivity index (χ3v) is 6.01. The van der Waals surface area contributed by atoms with Crippen molar-refractivity contribution >= 4 is 0 Å². The van der Waals surface area contributed by atoms with E-state index in [1.807, 2.05) is 0 Å².